The molecule has 122 valence electrons. The van der Waals surface area contributed by atoms with Crippen molar-refractivity contribution in [1.82, 2.24) is 9.88 Å². The molecule has 0 aromatic carbocycles. The molecule has 1 saturated carbocycles. The Labute approximate surface area is 145 Å². The summed E-state index contributed by atoms with van der Waals surface area (Å²) >= 11 is 3.24. The van der Waals surface area contributed by atoms with E-state index >= 15 is 0 Å². The van der Waals surface area contributed by atoms with Gasteiger partial charge in [-0.2, -0.15) is 0 Å². The zero-order valence-electron chi connectivity index (χ0n) is 13.5. The molecule has 1 saturated heterocycles. The first-order valence-electron chi connectivity index (χ1n) is 8.53. The maximum absolute atomic E-state index is 13.0. The number of fused-ring (bicyclic) bond motifs is 1. The summed E-state index contributed by atoms with van der Waals surface area (Å²) in [7, 11) is 0. The first kappa shape index (κ1) is 15.3. The number of aryl methyl sites for hydroxylation is 1. The Hall–Kier alpha value is -1.20. The molecule has 3 nitrogen and oxygen atoms in total. The molecule has 2 fully saturated rings. The Bertz CT molecular complexity index is 692. The van der Waals surface area contributed by atoms with Gasteiger partial charge >= 0.3 is 0 Å². The van der Waals surface area contributed by atoms with E-state index in [1.165, 1.54) is 32.1 Å². The van der Waals surface area contributed by atoms with Crippen molar-refractivity contribution in [2.24, 2.45) is 11.8 Å². The Morgan fingerprint density at radius 1 is 1.26 bits per heavy atom. The van der Waals surface area contributed by atoms with Crippen molar-refractivity contribution < 1.29 is 4.79 Å². The van der Waals surface area contributed by atoms with Crippen molar-refractivity contribution in [1.29, 1.82) is 0 Å². The second kappa shape index (κ2) is 6.36. The van der Waals surface area contributed by atoms with Gasteiger partial charge in [0.2, 0.25) is 0 Å². The lowest BCUT2D eigenvalue weighted by molar-refractivity contribution is 0.0524. The Balaban J connectivity index is 1.53. The van der Waals surface area contributed by atoms with Crippen LogP contribution < -0.4 is 0 Å². The summed E-state index contributed by atoms with van der Waals surface area (Å²) in [4.78, 5) is 21.7. The van der Waals surface area contributed by atoms with E-state index in [1.54, 1.807) is 22.7 Å². The van der Waals surface area contributed by atoms with Gasteiger partial charge in [-0.15, -0.1) is 22.7 Å². The number of amides is 1. The summed E-state index contributed by atoms with van der Waals surface area (Å²) in [5.41, 5.74) is 0.883. The molecule has 2 aliphatic rings. The third-order valence-electron chi connectivity index (χ3n) is 5.30. The first-order chi connectivity index (χ1) is 11.2. The molecule has 1 amide bonds. The average molecular weight is 347 g/mol. The molecule has 1 aliphatic heterocycles. The van der Waals surface area contributed by atoms with Gasteiger partial charge in [0.05, 0.1) is 10.6 Å². The van der Waals surface area contributed by atoms with E-state index in [-0.39, 0.29) is 5.91 Å². The normalized spacial score (nSPS) is 24.5. The summed E-state index contributed by atoms with van der Waals surface area (Å²) in [6.07, 6.45) is 6.58. The van der Waals surface area contributed by atoms with Gasteiger partial charge in [0, 0.05) is 13.1 Å². The van der Waals surface area contributed by atoms with Crippen molar-refractivity contribution in [3.05, 3.63) is 28.1 Å². The molecule has 0 unspecified atom stereocenters. The monoisotopic (exact) mass is 346 g/mol. The number of likely N-dealkylation sites (tertiary alicyclic amines) is 1. The van der Waals surface area contributed by atoms with Crippen LogP contribution in [0.1, 0.15) is 47.5 Å². The second-order valence-electron chi connectivity index (χ2n) is 6.76. The fourth-order valence-electron chi connectivity index (χ4n) is 4.03. The predicted octanol–water partition coefficient (Wildman–Crippen LogP) is 4.83. The van der Waals surface area contributed by atoms with Crippen LogP contribution in [0.3, 0.4) is 0 Å². The highest BCUT2D eigenvalue weighted by molar-refractivity contribution is 7.22. The Morgan fingerprint density at radius 3 is 2.87 bits per heavy atom. The van der Waals surface area contributed by atoms with Gasteiger partial charge in [0.15, 0.2) is 0 Å². The van der Waals surface area contributed by atoms with Gasteiger partial charge in [-0.1, -0.05) is 25.3 Å². The van der Waals surface area contributed by atoms with Crippen molar-refractivity contribution in [3.63, 3.8) is 0 Å². The number of hydrogen-bond acceptors (Lipinski definition) is 4. The molecule has 3 heterocycles. The largest absolute Gasteiger partial charge is 0.338 e. The summed E-state index contributed by atoms with van der Waals surface area (Å²) in [5, 5.41) is 3.04. The van der Waals surface area contributed by atoms with Crippen LogP contribution in [0.4, 0.5) is 0 Å². The molecule has 0 radical (unpaired) electrons. The predicted molar refractivity (Wildman–Crippen MR) is 96.1 cm³/mol. The van der Waals surface area contributed by atoms with Crippen LogP contribution in [0.2, 0.25) is 0 Å². The number of hydrogen-bond donors (Lipinski definition) is 0. The highest BCUT2D eigenvalue weighted by atomic mass is 32.1. The zero-order valence-corrected chi connectivity index (χ0v) is 15.1. The average Bonchev–Trinajstić information content (AvgIpc) is 3.23. The lowest BCUT2D eigenvalue weighted by Gasteiger charge is -2.41. The molecule has 2 aromatic rings. The Kier molecular flexibility index (Phi) is 4.24. The van der Waals surface area contributed by atoms with E-state index in [2.05, 4.69) is 21.3 Å². The van der Waals surface area contributed by atoms with Gasteiger partial charge in [0.1, 0.15) is 9.88 Å². The Morgan fingerprint density at radius 2 is 2.09 bits per heavy atom. The summed E-state index contributed by atoms with van der Waals surface area (Å²) in [6, 6.07) is 4.11. The van der Waals surface area contributed by atoms with Crippen LogP contribution in [0, 0.1) is 18.8 Å². The van der Waals surface area contributed by atoms with Gasteiger partial charge in [-0.3, -0.25) is 4.79 Å². The van der Waals surface area contributed by atoms with Gasteiger partial charge in [-0.05, 0) is 43.0 Å². The fraction of sp³-hybridized carbons (Fsp3) is 0.556. The lowest BCUT2D eigenvalue weighted by atomic mass is 9.75. The van der Waals surface area contributed by atoms with E-state index in [1.807, 2.05) is 13.0 Å². The minimum Gasteiger partial charge on any atom is -0.338 e. The quantitative estimate of drug-likeness (QED) is 0.780. The highest BCUT2D eigenvalue weighted by Gasteiger charge is 2.34. The number of carbonyl (C=O) groups is 1. The smallest absolute Gasteiger partial charge is 0.265 e. The number of carbonyl (C=O) groups excluding carboxylic acids is 1. The number of aromatic nitrogens is 1. The van der Waals surface area contributed by atoms with Crippen molar-refractivity contribution >= 4 is 28.6 Å². The molecular formula is C18H22N2OS2. The summed E-state index contributed by atoms with van der Waals surface area (Å²) in [5.74, 6) is 1.79. The van der Waals surface area contributed by atoms with Crippen molar-refractivity contribution in [2.45, 2.75) is 39.0 Å². The van der Waals surface area contributed by atoms with Gasteiger partial charge in [-0.25, -0.2) is 4.98 Å². The van der Waals surface area contributed by atoms with E-state index < -0.39 is 0 Å². The third-order valence-corrected chi connectivity index (χ3v) is 7.49. The minimum absolute atomic E-state index is 0.201. The molecule has 0 bridgehead atoms. The standard InChI is InChI=1S/C18H22N2OS2/c1-12-16(23-17(19-12)15-7-4-10-22-15)18(21)20-9-8-13-5-2-3-6-14(13)11-20/h4,7,10,13-14H,2-3,5-6,8-9,11H2,1H3/t13-,14-/m1/s1. The van der Waals surface area contributed by atoms with Crippen LogP contribution >= 0.6 is 22.7 Å². The molecular weight excluding hydrogens is 324 g/mol. The van der Waals surface area contributed by atoms with Crippen LogP contribution in [0.5, 0.6) is 0 Å². The topological polar surface area (TPSA) is 33.2 Å². The molecule has 23 heavy (non-hydrogen) atoms. The molecule has 1 aliphatic carbocycles. The third kappa shape index (κ3) is 2.96. The van der Waals surface area contributed by atoms with Crippen LogP contribution in [-0.4, -0.2) is 28.9 Å². The zero-order chi connectivity index (χ0) is 15.8. The van der Waals surface area contributed by atoms with Gasteiger partial charge in [0.25, 0.3) is 5.91 Å². The number of thiophene rings is 1. The molecule has 0 spiro atoms. The number of piperidine rings is 1. The lowest BCUT2D eigenvalue weighted by Crippen LogP contribution is -2.44. The van der Waals surface area contributed by atoms with E-state index in [4.69, 9.17) is 0 Å². The molecule has 2 atom stereocenters. The number of nitrogens with zero attached hydrogens (tertiary/aromatic N) is 2. The molecule has 4 rings (SSSR count). The van der Waals surface area contributed by atoms with E-state index in [0.717, 1.165) is 45.4 Å². The number of rotatable bonds is 2. The first-order valence-corrected chi connectivity index (χ1v) is 10.2. The fourth-order valence-corrected chi connectivity index (χ4v) is 5.86. The highest BCUT2D eigenvalue weighted by Crippen LogP contribution is 2.37. The summed E-state index contributed by atoms with van der Waals surface area (Å²) < 4.78 is 0. The van der Waals surface area contributed by atoms with Gasteiger partial charge < -0.3 is 4.90 Å². The minimum atomic E-state index is 0.201. The molecule has 2 aromatic heterocycles. The van der Waals surface area contributed by atoms with E-state index in [9.17, 15) is 4.79 Å². The van der Waals surface area contributed by atoms with Crippen LogP contribution in [-0.2, 0) is 0 Å². The van der Waals surface area contributed by atoms with Crippen LogP contribution in [0.15, 0.2) is 17.5 Å². The summed E-state index contributed by atoms with van der Waals surface area (Å²) in [6.45, 7) is 3.84. The maximum Gasteiger partial charge on any atom is 0.265 e. The maximum atomic E-state index is 13.0. The SMILES string of the molecule is Cc1nc(-c2cccs2)sc1C(=O)N1CC[C@H]2CCCC[C@@H]2C1. The molecule has 5 heteroatoms. The molecule has 0 N–H and O–H groups in total. The van der Waals surface area contributed by atoms with Crippen molar-refractivity contribution in [2.75, 3.05) is 13.1 Å². The van der Waals surface area contributed by atoms with E-state index in [0.29, 0.717) is 0 Å². The second-order valence-corrected chi connectivity index (χ2v) is 8.70. The van der Waals surface area contributed by atoms with Crippen LogP contribution in [0.25, 0.3) is 9.88 Å². The number of thiazole rings is 1. The van der Waals surface area contributed by atoms with Crippen molar-refractivity contribution in [3.8, 4) is 9.88 Å².